The Labute approximate surface area is 165 Å². The van der Waals surface area contributed by atoms with Gasteiger partial charge in [0.15, 0.2) is 0 Å². The number of aromatic amines is 2. The number of carbonyl (C=O) groups is 3. The Morgan fingerprint density at radius 2 is 2.00 bits per heavy atom. The van der Waals surface area contributed by atoms with E-state index in [9.17, 15) is 14.4 Å². The molecule has 3 aromatic rings. The fourth-order valence-electron chi connectivity index (χ4n) is 5.04. The van der Waals surface area contributed by atoms with Gasteiger partial charge in [0, 0.05) is 34.6 Å². The van der Waals surface area contributed by atoms with Gasteiger partial charge in [0.2, 0.25) is 5.78 Å². The summed E-state index contributed by atoms with van der Waals surface area (Å²) in [5, 5.41) is 0.972. The number of esters is 1. The topological polar surface area (TPSA) is 95.3 Å². The Morgan fingerprint density at radius 3 is 2.79 bits per heavy atom. The number of likely N-dealkylation sites (tertiary alicyclic amines) is 1. The van der Waals surface area contributed by atoms with Gasteiger partial charge in [-0.05, 0) is 36.1 Å². The second kappa shape index (κ2) is 5.26. The zero-order valence-corrected chi connectivity index (χ0v) is 15.6. The highest BCUT2D eigenvalue weighted by Gasteiger charge is 2.67. The zero-order valence-electron chi connectivity index (χ0n) is 15.6. The van der Waals surface area contributed by atoms with Crippen LogP contribution in [0, 0.1) is 5.92 Å². The molecule has 2 N–H and O–H groups in total. The van der Waals surface area contributed by atoms with E-state index in [4.69, 9.17) is 4.74 Å². The molecular formula is C22H17N3O4. The molecule has 7 nitrogen and oxygen atoms in total. The molecule has 1 aromatic carbocycles. The molecule has 1 unspecified atom stereocenters. The molecular weight excluding hydrogens is 370 g/mol. The van der Waals surface area contributed by atoms with E-state index >= 15 is 0 Å². The predicted octanol–water partition coefficient (Wildman–Crippen LogP) is 2.78. The number of nitrogens with one attached hydrogen (secondary N) is 2. The van der Waals surface area contributed by atoms with Crippen LogP contribution < -0.4 is 0 Å². The van der Waals surface area contributed by atoms with E-state index in [1.54, 1.807) is 17.0 Å². The number of allylic oxidation sites excluding steroid dienone is 2. The molecule has 1 saturated carbocycles. The van der Waals surface area contributed by atoms with Gasteiger partial charge in [-0.2, -0.15) is 0 Å². The van der Waals surface area contributed by atoms with Crippen LogP contribution in [0.5, 0.6) is 0 Å². The zero-order chi connectivity index (χ0) is 19.9. The van der Waals surface area contributed by atoms with Crippen molar-refractivity contribution in [1.82, 2.24) is 14.9 Å². The number of aromatic nitrogens is 2. The average Bonchev–Trinajstić information content (AvgIpc) is 3.10. The number of hydrogen-bond acceptors (Lipinski definition) is 4. The molecule has 144 valence electrons. The van der Waals surface area contributed by atoms with Crippen molar-refractivity contribution in [3.63, 3.8) is 0 Å². The number of amides is 1. The smallest absolute Gasteiger partial charge is 0.354 e. The molecule has 2 atom stereocenters. The molecule has 2 aliphatic carbocycles. The summed E-state index contributed by atoms with van der Waals surface area (Å²) in [6, 6.07) is 11.3. The van der Waals surface area contributed by atoms with Gasteiger partial charge < -0.3 is 19.6 Å². The van der Waals surface area contributed by atoms with Crippen LogP contribution in [0.2, 0.25) is 0 Å². The first-order valence-corrected chi connectivity index (χ1v) is 9.51. The van der Waals surface area contributed by atoms with E-state index in [1.807, 2.05) is 30.3 Å². The highest BCUT2D eigenvalue weighted by Crippen LogP contribution is 2.66. The Morgan fingerprint density at radius 1 is 1.17 bits per heavy atom. The molecule has 1 aliphatic heterocycles. The van der Waals surface area contributed by atoms with Crippen molar-refractivity contribution in [3.8, 4) is 0 Å². The van der Waals surface area contributed by atoms with Gasteiger partial charge in [-0.1, -0.05) is 18.2 Å². The summed E-state index contributed by atoms with van der Waals surface area (Å²) < 4.78 is 4.79. The Bertz CT molecular complexity index is 1250. The molecule has 0 bridgehead atoms. The highest BCUT2D eigenvalue weighted by molar-refractivity contribution is 6.10. The predicted molar refractivity (Wildman–Crippen MR) is 104 cm³/mol. The summed E-state index contributed by atoms with van der Waals surface area (Å²) in [6.45, 7) is 0.561. The summed E-state index contributed by atoms with van der Waals surface area (Å²) in [7, 11) is 1.31. The maximum absolute atomic E-state index is 13.3. The third kappa shape index (κ3) is 1.99. The number of hydrogen-bond donors (Lipinski definition) is 2. The third-order valence-corrected chi connectivity index (χ3v) is 6.48. The van der Waals surface area contributed by atoms with E-state index in [0.717, 1.165) is 28.6 Å². The Balaban J connectivity index is 1.41. The van der Waals surface area contributed by atoms with Crippen molar-refractivity contribution < 1.29 is 19.1 Å². The lowest BCUT2D eigenvalue weighted by Gasteiger charge is -2.27. The van der Waals surface area contributed by atoms with E-state index in [1.165, 1.54) is 7.11 Å². The lowest BCUT2D eigenvalue weighted by molar-refractivity contribution is 0.0594. The van der Waals surface area contributed by atoms with Crippen LogP contribution in [0.3, 0.4) is 0 Å². The number of fused-ring (bicyclic) bond motifs is 2. The number of benzene rings is 1. The van der Waals surface area contributed by atoms with E-state index in [0.29, 0.717) is 17.9 Å². The molecule has 2 fully saturated rings. The lowest BCUT2D eigenvalue weighted by atomic mass is 9.85. The molecule has 6 rings (SSSR count). The summed E-state index contributed by atoms with van der Waals surface area (Å²) in [6.07, 6.45) is 2.42. The number of methoxy groups -OCH3 is 1. The van der Waals surface area contributed by atoms with Crippen LogP contribution in [0.4, 0.5) is 0 Å². The van der Waals surface area contributed by atoms with Gasteiger partial charge in [0.05, 0.1) is 12.8 Å². The minimum Gasteiger partial charge on any atom is -0.464 e. The van der Waals surface area contributed by atoms with Gasteiger partial charge in [-0.25, -0.2) is 4.79 Å². The minimum absolute atomic E-state index is 0.140. The number of nitrogens with zero attached hydrogens (tertiary/aromatic N) is 1. The summed E-state index contributed by atoms with van der Waals surface area (Å²) in [5.74, 6) is -0.627. The summed E-state index contributed by atoms with van der Waals surface area (Å²) in [4.78, 5) is 45.8. The molecule has 3 aliphatic rings. The van der Waals surface area contributed by atoms with Crippen molar-refractivity contribution >= 4 is 28.6 Å². The maximum Gasteiger partial charge on any atom is 0.354 e. The van der Waals surface area contributed by atoms with Gasteiger partial charge >= 0.3 is 5.97 Å². The van der Waals surface area contributed by atoms with Gasteiger partial charge in [-0.3, -0.25) is 9.59 Å². The van der Waals surface area contributed by atoms with Crippen LogP contribution in [-0.4, -0.2) is 46.2 Å². The number of para-hydroxylation sites is 1. The van der Waals surface area contributed by atoms with Crippen LogP contribution >= 0.6 is 0 Å². The Hall–Kier alpha value is -3.61. The second-order valence-electron chi connectivity index (χ2n) is 7.92. The highest BCUT2D eigenvalue weighted by atomic mass is 16.5. The largest absolute Gasteiger partial charge is 0.464 e. The molecule has 1 saturated heterocycles. The van der Waals surface area contributed by atoms with Crippen molar-refractivity contribution in [2.24, 2.45) is 5.92 Å². The number of rotatable bonds is 2. The molecule has 0 radical (unpaired) electrons. The SMILES string of the molecule is COC(=O)c1cc2c([nH]1)C(=O)C=C1N(C(=O)c3cc4ccccc4[nH]3)CC3C[C@]123. The van der Waals surface area contributed by atoms with Gasteiger partial charge in [0.25, 0.3) is 5.91 Å². The number of H-pyrrole nitrogens is 2. The number of carbonyl (C=O) groups excluding carboxylic acids is 3. The van der Waals surface area contributed by atoms with E-state index < -0.39 is 5.97 Å². The van der Waals surface area contributed by atoms with Crippen LogP contribution in [-0.2, 0) is 10.2 Å². The fourth-order valence-corrected chi connectivity index (χ4v) is 5.04. The van der Waals surface area contributed by atoms with Crippen molar-refractivity contribution in [3.05, 3.63) is 70.8 Å². The quantitative estimate of drug-likeness (QED) is 0.661. The molecule has 2 aromatic heterocycles. The van der Waals surface area contributed by atoms with E-state index in [2.05, 4.69) is 9.97 Å². The number of ketones is 1. The third-order valence-electron chi connectivity index (χ3n) is 6.48. The summed E-state index contributed by atoms with van der Waals surface area (Å²) in [5.41, 5.74) is 3.27. The molecule has 7 heteroatoms. The van der Waals surface area contributed by atoms with Crippen molar-refractivity contribution in [1.29, 1.82) is 0 Å². The summed E-state index contributed by atoms with van der Waals surface area (Å²) >= 11 is 0. The first-order valence-electron chi connectivity index (χ1n) is 9.51. The Kier molecular flexibility index (Phi) is 2.96. The first-order chi connectivity index (χ1) is 14.0. The maximum atomic E-state index is 13.3. The number of ether oxygens (including phenoxy) is 1. The van der Waals surface area contributed by atoms with Crippen LogP contribution in [0.15, 0.2) is 48.2 Å². The second-order valence-corrected chi connectivity index (χ2v) is 7.92. The van der Waals surface area contributed by atoms with E-state index in [-0.39, 0.29) is 28.7 Å². The average molecular weight is 387 g/mol. The lowest BCUT2D eigenvalue weighted by Crippen LogP contribution is -2.33. The molecule has 1 amide bonds. The standard InChI is InChI=1S/C22H17N3O4/c1-29-21(28)16-7-13-19(24-16)17(26)8-18-22(13)9-12(22)10-25(18)20(27)15-6-11-4-2-3-5-14(11)23-15/h2-8,12,23-24H,9-10H2,1H3/t12?,22-/m1/s1. The first kappa shape index (κ1) is 16.4. The molecule has 1 spiro atoms. The number of piperidine rings is 1. The molecule has 3 heterocycles. The monoisotopic (exact) mass is 387 g/mol. The van der Waals surface area contributed by atoms with Crippen LogP contribution in [0.25, 0.3) is 10.9 Å². The van der Waals surface area contributed by atoms with Gasteiger partial charge in [-0.15, -0.1) is 0 Å². The van der Waals surface area contributed by atoms with Crippen LogP contribution in [0.1, 0.15) is 43.4 Å². The minimum atomic E-state index is -0.508. The van der Waals surface area contributed by atoms with Crippen molar-refractivity contribution in [2.75, 3.05) is 13.7 Å². The normalized spacial score (nSPS) is 24.0. The molecule has 29 heavy (non-hydrogen) atoms. The van der Waals surface area contributed by atoms with Crippen molar-refractivity contribution in [2.45, 2.75) is 11.8 Å². The fraction of sp³-hybridized carbons (Fsp3) is 0.227. The van der Waals surface area contributed by atoms with Gasteiger partial charge in [0.1, 0.15) is 11.4 Å².